The molecular formula is C15H21N3OS. The van der Waals surface area contributed by atoms with Crippen molar-refractivity contribution < 1.29 is 4.74 Å². The van der Waals surface area contributed by atoms with Crippen LogP contribution in [0.1, 0.15) is 29.0 Å². The van der Waals surface area contributed by atoms with E-state index in [0.29, 0.717) is 5.92 Å². The van der Waals surface area contributed by atoms with Crippen molar-refractivity contribution in [3.8, 4) is 0 Å². The smallest absolute Gasteiger partial charge is 0.0560 e. The third-order valence-electron chi connectivity index (χ3n) is 3.90. The van der Waals surface area contributed by atoms with Gasteiger partial charge in [0.05, 0.1) is 18.5 Å². The lowest BCUT2D eigenvalue weighted by atomic mass is 9.95. The molecule has 4 nitrogen and oxygen atoms in total. The molecule has 0 bridgehead atoms. The molecule has 0 aromatic carbocycles. The number of methoxy groups -OCH3 is 1. The minimum absolute atomic E-state index is 0.434. The molecule has 0 radical (unpaired) electrons. The summed E-state index contributed by atoms with van der Waals surface area (Å²) in [6.45, 7) is 6.91. The SMILES string of the molecule is CCn1ncc2c1CN(Cc1cccs1)C[C@@H]2COC. The van der Waals surface area contributed by atoms with Crippen molar-refractivity contribution >= 4 is 11.3 Å². The highest BCUT2D eigenvalue weighted by Gasteiger charge is 2.28. The molecule has 0 N–H and O–H groups in total. The second-order valence-corrected chi connectivity index (χ2v) is 6.30. The highest BCUT2D eigenvalue weighted by Crippen LogP contribution is 2.30. The third kappa shape index (κ3) is 2.66. The highest BCUT2D eigenvalue weighted by molar-refractivity contribution is 7.09. The number of nitrogens with zero attached hydrogens (tertiary/aromatic N) is 3. The molecule has 0 spiro atoms. The van der Waals surface area contributed by atoms with E-state index in [4.69, 9.17) is 4.74 Å². The molecule has 3 heterocycles. The molecule has 20 heavy (non-hydrogen) atoms. The minimum Gasteiger partial charge on any atom is -0.384 e. The van der Waals surface area contributed by atoms with Gasteiger partial charge in [-0.3, -0.25) is 9.58 Å². The summed E-state index contributed by atoms with van der Waals surface area (Å²) in [5, 5.41) is 6.66. The van der Waals surface area contributed by atoms with Crippen LogP contribution in [0.4, 0.5) is 0 Å². The first-order valence-electron chi connectivity index (χ1n) is 7.10. The second kappa shape index (κ2) is 6.08. The molecule has 108 valence electrons. The van der Waals surface area contributed by atoms with E-state index in [1.165, 1.54) is 16.1 Å². The maximum atomic E-state index is 5.40. The summed E-state index contributed by atoms with van der Waals surface area (Å²) < 4.78 is 7.53. The lowest BCUT2D eigenvalue weighted by Crippen LogP contribution is -2.35. The third-order valence-corrected chi connectivity index (χ3v) is 4.76. The van der Waals surface area contributed by atoms with Crippen LogP contribution in [0.5, 0.6) is 0 Å². The van der Waals surface area contributed by atoms with E-state index in [9.17, 15) is 0 Å². The normalized spacial score (nSPS) is 19.2. The molecule has 5 heteroatoms. The van der Waals surface area contributed by atoms with E-state index in [-0.39, 0.29) is 0 Å². The van der Waals surface area contributed by atoms with Gasteiger partial charge in [-0.05, 0) is 18.4 Å². The Morgan fingerprint density at radius 1 is 1.50 bits per heavy atom. The van der Waals surface area contributed by atoms with Crippen LogP contribution in [-0.2, 0) is 24.4 Å². The topological polar surface area (TPSA) is 30.3 Å². The van der Waals surface area contributed by atoms with Gasteiger partial charge in [-0.25, -0.2) is 0 Å². The van der Waals surface area contributed by atoms with E-state index in [2.05, 4.69) is 39.1 Å². The number of aryl methyl sites for hydroxylation is 1. The zero-order valence-electron chi connectivity index (χ0n) is 12.1. The van der Waals surface area contributed by atoms with Crippen LogP contribution in [0, 0.1) is 0 Å². The zero-order valence-corrected chi connectivity index (χ0v) is 12.9. The molecule has 0 amide bonds. The van der Waals surface area contributed by atoms with E-state index in [1.54, 1.807) is 7.11 Å². The van der Waals surface area contributed by atoms with Gasteiger partial charge in [0.2, 0.25) is 0 Å². The lowest BCUT2D eigenvalue weighted by molar-refractivity contribution is 0.134. The van der Waals surface area contributed by atoms with Crippen molar-refractivity contribution in [2.75, 3.05) is 20.3 Å². The Bertz CT molecular complexity index is 549. The number of hydrogen-bond acceptors (Lipinski definition) is 4. The van der Waals surface area contributed by atoms with Crippen LogP contribution in [0.2, 0.25) is 0 Å². The average molecular weight is 291 g/mol. The average Bonchev–Trinajstić information content (AvgIpc) is 3.08. The van der Waals surface area contributed by atoms with Crippen LogP contribution in [-0.4, -0.2) is 34.9 Å². The molecule has 1 aliphatic rings. The van der Waals surface area contributed by atoms with Gasteiger partial charge in [0.15, 0.2) is 0 Å². The number of fused-ring (bicyclic) bond motifs is 1. The summed E-state index contributed by atoms with van der Waals surface area (Å²) in [4.78, 5) is 3.93. The molecule has 1 atom stereocenters. The van der Waals surface area contributed by atoms with Gasteiger partial charge in [-0.15, -0.1) is 11.3 Å². The van der Waals surface area contributed by atoms with E-state index >= 15 is 0 Å². The maximum Gasteiger partial charge on any atom is 0.0560 e. The van der Waals surface area contributed by atoms with Gasteiger partial charge in [0, 0.05) is 49.6 Å². The van der Waals surface area contributed by atoms with Crippen molar-refractivity contribution in [2.45, 2.75) is 32.5 Å². The van der Waals surface area contributed by atoms with Crippen LogP contribution < -0.4 is 0 Å². The Balaban J connectivity index is 1.82. The molecule has 0 aliphatic carbocycles. The predicted octanol–water partition coefficient (Wildman–Crippen LogP) is 2.71. The molecular weight excluding hydrogens is 270 g/mol. The summed E-state index contributed by atoms with van der Waals surface area (Å²) in [6.07, 6.45) is 2.03. The van der Waals surface area contributed by atoms with E-state index in [1.807, 2.05) is 17.5 Å². The quantitative estimate of drug-likeness (QED) is 0.848. The fourth-order valence-corrected chi connectivity index (χ4v) is 3.73. The Morgan fingerprint density at radius 2 is 2.40 bits per heavy atom. The summed E-state index contributed by atoms with van der Waals surface area (Å²) >= 11 is 1.83. The Hall–Kier alpha value is -1.17. The maximum absolute atomic E-state index is 5.40. The van der Waals surface area contributed by atoms with Crippen molar-refractivity contribution in [1.82, 2.24) is 14.7 Å². The first-order valence-corrected chi connectivity index (χ1v) is 7.98. The molecule has 0 saturated heterocycles. The molecule has 2 aromatic rings. The minimum atomic E-state index is 0.434. The van der Waals surface area contributed by atoms with Gasteiger partial charge in [0.25, 0.3) is 0 Å². The molecule has 1 aliphatic heterocycles. The van der Waals surface area contributed by atoms with Crippen LogP contribution >= 0.6 is 11.3 Å². The van der Waals surface area contributed by atoms with Crippen molar-refractivity contribution in [3.05, 3.63) is 39.8 Å². The van der Waals surface area contributed by atoms with Gasteiger partial charge in [-0.2, -0.15) is 5.10 Å². The van der Waals surface area contributed by atoms with Crippen LogP contribution in [0.15, 0.2) is 23.7 Å². The van der Waals surface area contributed by atoms with Crippen molar-refractivity contribution in [3.63, 3.8) is 0 Å². The Kier molecular flexibility index (Phi) is 4.19. The number of thiophene rings is 1. The van der Waals surface area contributed by atoms with Crippen LogP contribution in [0.3, 0.4) is 0 Å². The Morgan fingerprint density at radius 3 is 3.10 bits per heavy atom. The molecule has 0 saturated carbocycles. The van der Waals surface area contributed by atoms with Crippen molar-refractivity contribution in [2.24, 2.45) is 0 Å². The van der Waals surface area contributed by atoms with Gasteiger partial charge >= 0.3 is 0 Å². The van der Waals surface area contributed by atoms with Crippen molar-refractivity contribution in [1.29, 1.82) is 0 Å². The second-order valence-electron chi connectivity index (χ2n) is 5.26. The standard InChI is InChI=1S/C15H21N3OS/c1-3-18-15-10-17(9-13-5-4-6-20-13)8-12(11-19-2)14(15)7-16-18/h4-7,12H,3,8-11H2,1-2H3/t12-/m1/s1. The predicted molar refractivity (Wildman–Crippen MR) is 81.0 cm³/mol. The highest BCUT2D eigenvalue weighted by atomic mass is 32.1. The summed E-state index contributed by atoms with van der Waals surface area (Å²) in [7, 11) is 1.78. The van der Waals surface area contributed by atoms with E-state index < -0.39 is 0 Å². The first kappa shape index (κ1) is 13.8. The zero-order chi connectivity index (χ0) is 13.9. The monoisotopic (exact) mass is 291 g/mol. The van der Waals surface area contributed by atoms with Gasteiger partial charge in [0.1, 0.15) is 0 Å². The molecule has 3 rings (SSSR count). The van der Waals surface area contributed by atoms with Gasteiger partial charge in [-0.1, -0.05) is 6.07 Å². The first-order chi connectivity index (χ1) is 9.81. The largest absolute Gasteiger partial charge is 0.384 e. The summed E-state index contributed by atoms with van der Waals surface area (Å²) in [5.74, 6) is 0.434. The number of aromatic nitrogens is 2. The fraction of sp³-hybridized carbons (Fsp3) is 0.533. The Labute approximate surface area is 124 Å². The van der Waals surface area contributed by atoms with Gasteiger partial charge < -0.3 is 4.74 Å². The molecule has 0 unspecified atom stereocenters. The number of ether oxygens (including phenoxy) is 1. The number of hydrogen-bond donors (Lipinski definition) is 0. The molecule has 2 aromatic heterocycles. The molecule has 0 fully saturated rings. The lowest BCUT2D eigenvalue weighted by Gasteiger charge is -2.32. The number of rotatable bonds is 5. The fourth-order valence-electron chi connectivity index (χ4n) is 2.98. The van der Waals surface area contributed by atoms with E-state index in [0.717, 1.165) is 32.8 Å². The van der Waals surface area contributed by atoms with Crippen LogP contribution in [0.25, 0.3) is 0 Å². The summed E-state index contributed by atoms with van der Waals surface area (Å²) in [5.41, 5.74) is 2.73. The summed E-state index contributed by atoms with van der Waals surface area (Å²) in [6, 6.07) is 4.33.